The summed E-state index contributed by atoms with van der Waals surface area (Å²) in [7, 11) is 1.99. The van der Waals surface area contributed by atoms with Crippen LogP contribution in [0.4, 0.5) is 4.79 Å². The van der Waals surface area contributed by atoms with Gasteiger partial charge in [-0.05, 0) is 75.5 Å². The van der Waals surface area contributed by atoms with Crippen LogP contribution in [0.2, 0.25) is 0 Å². The molecule has 0 aromatic carbocycles. The van der Waals surface area contributed by atoms with Crippen molar-refractivity contribution in [1.82, 2.24) is 20.5 Å². The van der Waals surface area contributed by atoms with Gasteiger partial charge in [0.05, 0.1) is 0 Å². The molecule has 6 nitrogen and oxygen atoms in total. The van der Waals surface area contributed by atoms with E-state index in [-0.39, 0.29) is 17.5 Å². The topological polar surface area (TPSA) is 74.3 Å². The second-order valence-corrected chi connectivity index (χ2v) is 9.32. The van der Waals surface area contributed by atoms with Crippen LogP contribution >= 0.6 is 0 Å². The molecule has 0 atom stereocenters. The van der Waals surface area contributed by atoms with E-state index in [4.69, 9.17) is 0 Å². The van der Waals surface area contributed by atoms with E-state index in [0.29, 0.717) is 13.0 Å². The third-order valence-electron chi connectivity index (χ3n) is 6.87. The average Bonchev–Trinajstić information content (AvgIpc) is 2.64. The van der Waals surface area contributed by atoms with Crippen LogP contribution in [0.1, 0.15) is 50.6 Å². The van der Waals surface area contributed by atoms with Gasteiger partial charge in [-0.1, -0.05) is 6.07 Å². The zero-order chi connectivity index (χ0) is 19.6. The largest absolute Gasteiger partial charge is 0.332 e. The Morgan fingerprint density at radius 3 is 2.39 bits per heavy atom. The van der Waals surface area contributed by atoms with Gasteiger partial charge in [-0.3, -0.25) is 15.1 Å². The zero-order valence-corrected chi connectivity index (χ0v) is 16.8. The molecule has 0 aliphatic heterocycles. The van der Waals surface area contributed by atoms with Gasteiger partial charge in [0, 0.05) is 43.4 Å². The molecule has 2 N–H and O–H groups in total. The molecule has 0 radical (unpaired) electrons. The monoisotopic (exact) mass is 384 g/mol. The molecule has 6 heteroatoms. The average molecular weight is 385 g/mol. The normalized spacial score (nSPS) is 30.4. The third-order valence-corrected chi connectivity index (χ3v) is 6.87. The number of rotatable bonds is 7. The minimum absolute atomic E-state index is 0.0570. The summed E-state index contributed by atoms with van der Waals surface area (Å²) in [6.45, 7) is 1.47. The van der Waals surface area contributed by atoms with Gasteiger partial charge in [-0.15, -0.1) is 0 Å². The number of imide groups is 1. The number of hydrogen-bond donors (Lipinski definition) is 2. The molecule has 4 aliphatic carbocycles. The molecule has 0 spiro atoms. The molecule has 3 amide bonds. The molecular formula is C22H32N4O2. The Hall–Kier alpha value is -1.95. The molecule has 1 aromatic rings. The van der Waals surface area contributed by atoms with Crippen LogP contribution in [-0.4, -0.2) is 47.5 Å². The number of carbonyl (C=O) groups is 2. The minimum atomic E-state index is -0.303. The molecule has 28 heavy (non-hydrogen) atoms. The highest BCUT2D eigenvalue weighted by atomic mass is 16.2. The van der Waals surface area contributed by atoms with Gasteiger partial charge < -0.3 is 10.2 Å². The fourth-order valence-corrected chi connectivity index (χ4v) is 5.98. The van der Waals surface area contributed by atoms with Crippen molar-refractivity contribution >= 4 is 11.9 Å². The number of urea groups is 1. The Morgan fingerprint density at radius 2 is 1.79 bits per heavy atom. The SMILES string of the molecule is CN(CCC(=O)NC(=O)NC12CC3CC(CC(C3)C1)C2)CCc1ccccn1. The number of amides is 3. The second-order valence-electron chi connectivity index (χ2n) is 9.32. The highest BCUT2D eigenvalue weighted by Crippen LogP contribution is 2.55. The minimum Gasteiger partial charge on any atom is -0.332 e. The predicted octanol–water partition coefficient (Wildman–Crippen LogP) is 2.74. The lowest BCUT2D eigenvalue weighted by Gasteiger charge is -2.56. The van der Waals surface area contributed by atoms with E-state index < -0.39 is 0 Å². The molecule has 4 aliphatic rings. The Kier molecular flexibility index (Phi) is 5.67. The van der Waals surface area contributed by atoms with Gasteiger partial charge in [-0.2, -0.15) is 0 Å². The number of nitrogens with one attached hydrogen (secondary N) is 2. The van der Waals surface area contributed by atoms with Gasteiger partial charge >= 0.3 is 6.03 Å². The number of pyridine rings is 1. The summed E-state index contributed by atoms with van der Waals surface area (Å²) >= 11 is 0. The lowest BCUT2D eigenvalue weighted by atomic mass is 9.53. The van der Waals surface area contributed by atoms with E-state index >= 15 is 0 Å². The second kappa shape index (κ2) is 8.19. The Bertz CT molecular complexity index is 670. The Labute approximate surface area is 167 Å². The van der Waals surface area contributed by atoms with Crippen molar-refractivity contribution in [3.8, 4) is 0 Å². The maximum Gasteiger partial charge on any atom is 0.321 e. The molecule has 4 fully saturated rings. The van der Waals surface area contributed by atoms with Gasteiger partial charge in [0.2, 0.25) is 5.91 Å². The third kappa shape index (κ3) is 4.72. The highest BCUT2D eigenvalue weighted by Gasteiger charge is 2.51. The summed E-state index contributed by atoms with van der Waals surface area (Å²) in [6, 6.07) is 5.60. The molecule has 0 unspecified atom stereocenters. The van der Waals surface area contributed by atoms with Crippen LogP contribution in [0, 0.1) is 17.8 Å². The standard InChI is InChI=1S/C22H32N4O2/c1-26(8-5-19-4-2-3-7-23-19)9-6-20(27)24-21(28)25-22-13-16-10-17(14-22)12-18(11-16)15-22/h2-4,7,16-18H,5-6,8-15H2,1H3,(H2,24,25,27,28). The molecule has 1 heterocycles. The van der Waals surface area contributed by atoms with Crippen LogP contribution in [0.5, 0.6) is 0 Å². The van der Waals surface area contributed by atoms with Crippen molar-refractivity contribution in [2.24, 2.45) is 17.8 Å². The molecule has 4 saturated carbocycles. The summed E-state index contributed by atoms with van der Waals surface area (Å²) in [6.07, 6.45) is 10.3. The number of carbonyl (C=O) groups excluding carboxylic acids is 2. The fourth-order valence-electron chi connectivity index (χ4n) is 5.98. The van der Waals surface area contributed by atoms with E-state index in [9.17, 15) is 9.59 Å². The molecular weight excluding hydrogens is 352 g/mol. The first-order chi connectivity index (χ1) is 13.5. The van der Waals surface area contributed by atoms with Crippen molar-refractivity contribution in [1.29, 1.82) is 0 Å². The van der Waals surface area contributed by atoms with Crippen LogP contribution in [0.15, 0.2) is 24.4 Å². The molecule has 4 bridgehead atoms. The van der Waals surface area contributed by atoms with Crippen molar-refractivity contribution < 1.29 is 9.59 Å². The van der Waals surface area contributed by atoms with E-state index in [2.05, 4.69) is 20.5 Å². The maximum atomic E-state index is 12.4. The van der Waals surface area contributed by atoms with Crippen molar-refractivity contribution in [2.75, 3.05) is 20.1 Å². The maximum absolute atomic E-state index is 12.4. The fraction of sp³-hybridized carbons (Fsp3) is 0.682. The van der Waals surface area contributed by atoms with E-state index in [1.54, 1.807) is 6.20 Å². The molecule has 152 valence electrons. The smallest absolute Gasteiger partial charge is 0.321 e. The van der Waals surface area contributed by atoms with Gasteiger partial charge in [0.1, 0.15) is 0 Å². The van der Waals surface area contributed by atoms with Crippen LogP contribution in [0.25, 0.3) is 0 Å². The predicted molar refractivity (Wildman–Crippen MR) is 108 cm³/mol. The summed E-state index contributed by atoms with van der Waals surface area (Å²) in [5, 5.41) is 5.75. The number of hydrogen-bond acceptors (Lipinski definition) is 4. The first-order valence-electron chi connectivity index (χ1n) is 10.7. The van der Waals surface area contributed by atoms with Crippen LogP contribution in [0.3, 0.4) is 0 Å². The van der Waals surface area contributed by atoms with Crippen molar-refractivity contribution in [2.45, 2.75) is 56.9 Å². The van der Waals surface area contributed by atoms with Crippen LogP contribution in [-0.2, 0) is 11.2 Å². The first-order valence-corrected chi connectivity index (χ1v) is 10.7. The summed E-state index contributed by atoms with van der Waals surface area (Å²) in [5.74, 6) is 2.12. The Balaban J connectivity index is 1.17. The summed E-state index contributed by atoms with van der Waals surface area (Å²) < 4.78 is 0. The van der Waals surface area contributed by atoms with E-state index in [1.165, 1.54) is 19.3 Å². The number of aromatic nitrogens is 1. The van der Waals surface area contributed by atoms with E-state index in [0.717, 1.165) is 55.7 Å². The van der Waals surface area contributed by atoms with Gasteiger partial charge in [0.25, 0.3) is 0 Å². The first kappa shape index (κ1) is 19.4. The lowest BCUT2D eigenvalue weighted by Crippen LogP contribution is -2.61. The summed E-state index contributed by atoms with van der Waals surface area (Å²) in [5.41, 5.74) is 0.993. The Morgan fingerprint density at radius 1 is 1.11 bits per heavy atom. The molecule has 0 saturated heterocycles. The molecule has 5 rings (SSSR count). The molecule has 1 aromatic heterocycles. The van der Waals surface area contributed by atoms with Crippen molar-refractivity contribution in [3.05, 3.63) is 30.1 Å². The zero-order valence-electron chi connectivity index (χ0n) is 16.8. The van der Waals surface area contributed by atoms with Gasteiger partial charge in [-0.25, -0.2) is 4.79 Å². The number of likely N-dealkylation sites (N-methyl/N-ethyl adjacent to an activating group) is 1. The summed E-state index contributed by atoms with van der Waals surface area (Å²) in [4.78, 5) is 31.1. The van der Waals surface area contributed by atoms with E-state index in [1.807, 2.05) is 25.2 Å². The van der Waals surface area contributed by atoms with Crippen molar-refractivity contribution in [3.63, 3.8) is 0 Å². The van der Waals surface area contributed by atoms with Crippen LogP contribution < -0.4 is 10.6 Å². The number of nitrogens with zero attached hydrogens (tertiary/aromatic N) is 2. The lowest BCUT2D eigenvalue weighted by molar-refractivity contribution is -0.120. The quantitative estimate of drug-likeness (QED) is 0.758. The van der Waals surface area contributed by atoms with Gasteiger partial charge in [0.15, 0.2) is 0 Å². The highest BCUT2D eigenvalue weighted by molar-refractivity contribution is 5.94.